The van der Waals surface area contributed by atoms with Gasteiger partial charge in [-0.3, -0.25) is 9.59 Å². The number of urea groups is 1. The van der Waals surface area contributed by atoms with Gasteiger partial charge in [0.1, 0.15) is 11.8 Å². The molecule has 2 heterocycles. The first-order valence-electron chi connectivity index (χ1n) is 16.2. The van der Waals surface area contributed by atoms with Crippen molar-refractivity contribution >= 4 is 40.9 Å². The average Bonchev–Trinajstić information content (AvgIpc) is 3.86. The summed E-state index contributed by atoms with van der Waals surface area (Å²) in [6, 6.07) is 14.0. The highest BCUT2D eigenvalue weighted by Gasteiger charge is 2.51. The van der Waals surface area contributed by atoms with E-state index in [0.29, 0.717) is 30.4 Å². The number of likely N-dealkylation sites (N-methyl/N-ethyl adjacent to an activating group) is 1. The number of benzene rings is 2. The molecule has 4 unspecified atom stereocenters. The molecule has 2 aliphatic carbocycles. The molecule has 4 amide bonds. The molecule has 2 N–H and O–H groups in total. The maximum absolute atomic E-state index is 13.7. The minimum Gasteiger partial charge on any atom is -0.490 e. The molecule has 0 bridgehead atoms. The first-order valence-corrected chi connectivity index (χ1v) is 16.2. The van der Waals surface area contributed by atoms with E-state index in [1.807, 2.05) is 48.5 Å². The van der Waals surface area contributed by atoms with E-state index < -0.39 is 17.9 Å². The first-order chi connectivity index (χ1) is 21.8. The van der Waals surface area contributed by atoms with Gasteiger partial charge in [-0.25, -0.2) is 9.59 Å². The predicted molar refractivity (Wildman–Crippen MR) is 170 cm³/mol. The van der Waals surface area contributed by atoms with E-state index in [0.717, 1.165) is 56.5 Å². The molecule has 4 atom stereocenters. The van der Waals surface area contributed by atoms with Crippen molar-refractivity contribution in [1.29, 1.82) is 0 Å². The fraction of sp³-hybridized carbons (Fsp3) is 0.529. The number of likely N-dealkylation sites (tertiary alicyclic amines) is 1. The summed E-state index contributed by atoms with van der Waals surface area (Å²) in [6.45, 7) is 1.43. The predicted octanol–water partition coefficient (Wildman–Crippen LogP) is 4.63. The summed E-state index contributed by atoms with van der Waals surface area (Å²) in [5.41, 5.74) is 2.35. The molecular weight excluding hydrogens is 574 g/mol. The molecule has 45 heavy (non-hydrogen) atoms. The van der Waals surface area contributed by atoms with Crippen LogP contribution in [-0.2, 0) is 19.1 Å². The largest absolute Gasteiger partial charge is 0.490 e. The molecule has 0 spiro atoms. The number of carbonyl (C=O) groups is 4. The quantitative estimate of drug-likeness (QED) is 0.343. The molecule has 240 valence electrons. The van der Waals surface area contributed by atoms with E-state index in [1.165, 1.54) is 24.9 Å². The van der Waals surface area contributed by atoms with Gasteiger partial charge in [-0.05, 0) is 106 Å². The van der Waals surface area contributed by atoms with E-state index >= 15 is 0 Å². The number of esters is 1. The van der Waals surface area contributed by atoms with Gasteiger partial charge in [0, 0.05) is 43.2 Å². The highest BCUT2D eigenvalue weighted by molar-refractivity contribution is 6.33. The zero-order valence-electron chi connectivity index (χ0n) is 26.1. The Balaban J connectivity index is 1.00. The topological polar surface area (TPSA) is 121 Å². The van der Waals surface area contributed by atoms with Crippen molar-refractivity contribution in [1.82, 2.24) is 9.80 Å². The average molecular weight is 618 g/mol. The summed E-state index contributed by atoms with van der Waals surface area (Å²) in [7, 11) is 3.00. The smallest absolute Gasteiger partial charge is 0.396 e. The second-order valence-corrected chi connectivity index (χ2v) is 12.7. The second kappa shape index (κ2) is 13.4. The maximum Gasteiger partial charge on any atom is 0.396 e. The monoisotopic (exact) mass is 617 g/mol. The first kappa shape index (κ1) is 30.7. The fourth-order valence-corrected chi connectivity index (χ4v) is 7.57. The minimum absolute atomic E-state index is 0.0217. The molecule has 2 saturated carbocycles. The Hall–Kier alpha value is -4.28. The Kier molecular flexibility index (Phi) is 9.14. The standard InChI is InChI=1S/C34H43N5O6/c1-37(31(40)30-20-22-6-5-9-29(22)39(30)32(41)33(42)44-2)26-18-19-38(21-26)25-14-10-23(11-15-25)35-34(43)36-24-12-16-28(17-13-24)45-27-7-3-4-8-27/h10-17,22,26-27,29-30H,3-9,18-21H2,1-2H3,(H2,35,36,43). The molecule has 6 rings (SSSR count). The summed E-state index contributed by atoms with van der Waals surface area (Å²) >= 11 is 0. The number of fused-ring (bicyclic) bond motifs is 1. The number of ether oxygens (including phenoxy) is 2. The lowest BCUT2D eigenvalue weighted by Gasteiger charge is -2.33. The molecule has 2 saturated heterocycles. The summed E-state index contributed by atoms with van der Waals surface area (Å²) in [5, 5.41) is 5.74. The van der Waals surface area contributed by atoms with E-state index in [9.17, 15) is 19.2 Å². The molecule has 11 nitrogen and oxygen atoms in total. The lowest BCUT2D eigenvalue weighted by atomic mass is 10.0. The van der Waals surface area contributed by atoms with Crippen molar-refractivity contribution in [2.75, 3.05) is 42.8 Å². The van der Waals surface area contributed by atoms with E-state index in [4.69, 9.17) is 9.47 Å². The summed E-state index contributed by atoms with van der Waals surface area (Å²) in [6.07, 6.45) is 9.08. The van der Waals surface area contributed by atoms with Gasteiger partial charge in [0.25, 0.3) is 0 Å². The number of hydrogen-bond acceptors (Lipinski definition) is 7. The van der Waals surface area contributed by atoms with Gasteiger partial charge in [0.15, 0.2) is 0 Å². The summed E-state index contributed by atoms with van der Waals surface area (Å²) < 4.78 is 10.7. The number of amides is 4. The SMILES string of the molecule is COC(=O)C(=O)N1C(C(=O)N(C)C2CCN(c3ccc(NC(=O)Nc4ccc(OC5CCCC5)cc4)cc3)C2)CC2CCCC21. The number of methoxy groups -OCH3 is 1. The Bertz CT molecular complexity index is 1390. The molecule has 11 heteroatoms. The van der Waals surface area contributed by atoms with Gasteiger partial charge in [-0.15, -0.1) is 0 Å². The van der Waals surface area contributed by atoms with Crippen molar-refractivity contribution in [3.63, 3.8) is 0 Å². The number of carbonyl (C=O) groups excluding carboxylic acids is 4. The van der Waals surface area contributed by atoms with Crippen LogP contribution in [-0.4, -0.2) is 85.1 Å². The summed E-state index contributed by atoms with van der Waals surface area (Å²) in [5.74, 6) is -0.675. The Morgan fingerprint density at radius 1 is 0.844 bits per heavy atom. The van der Waals surface area contributed by atoms with E-state index in [-0.39, 0.29) is 29.9 Å². The molecule has 0 radical (unpaired) electrons. The molecule has 2 aromatic rings. The Labute approximate surface area is 264 Å². The van der Waals surface area contributed by atoms with Crippen LogP contribution in [0.15, 0.2) is 48.5 Å². The number of hydrogen-bond donors (Lipinski definition) is 2. The van der Waals surface area contributed by atoms with Crippen LogP contribution in [0.4, 0.5) is 21.9 Å². The van der Waals surface area contributed by atoms with Gasteiger partial charge in [-0.1, -0.05) is 6.42 Å². The van der Waals surface area contributed by atoms with Crippen LogP contribution >= 0.6 is 0 Å². The lowest BCUT2D eigenvalue weighted by molar-refractivity contribution is -0.161. The number of nitrogens with zero attached hydrogens (tertiary/aromatic N) is 3. The van der Waals surface area contributed by atoms with Gasteiger partial charge in [0.2, 0.25) is 5.91 Å². The van der Waals surface area contributed by atoms with E-state index in [1.54, 1.807) is 11.9 Å². The third-order valence-electron chi connectivity index (χ3n) is 9.98. The van der Waals surface area contributed by atoms with Gasteiger partial charge < -0.3 is 34.8 Å². The third-order valence-corrected chi connectivity index (χ3v) is 9.98. The van der Waals surface area contributed by atoms with Crippen molar-refractivity contribution < 1.29 is 28.7 Å². The second-order valence-electron chi connectivity index (χ2n) is 12.7. The molecule has 4 aliphatic rings. The van der Waals surface area contributed by atoms with E-state index in [2.05, 4.69) is 15.5 Å². The highest BCUT2D eigenvalue weighted by Crippen LogP contribution is 2.42. The van der Waals surface area contributed by atoms with Crippen molar-refractivity contribution in [2.45, 2.75) is 82.0 Å². The Morgan fingerprint density at radius 3 is 2.18 bits per heavy atom. The summed E-state index contributed by atoms with van der Waals surface area (Å²) in [4.78, 5) is 56.8. The van der Waals surface area contributed by atoms with Gasteiger partial charge >= 0.3 is 17.9 Å². The molecular formula is C34H43N5O6. The molecule has 2 aromatic carbocycles. The van der Waals surface area contributed by atoms with Gasteiger partial charge in [0.05, 0.1) is 19.3 Å². The lowest BCUT2D eigenvalue weighted by Crippen LogP contribution is -2.53. The van der Waals surface area contributed by atoms with Crippen LogP contribution in [0.2, 0.25) is 0 Å². The van der Waals surface area contributed by atoms with Crippen molar-refractivity contribution in [3.8, 4) is 5.75 Å². The van der Waals surface area contributed by atoms with Crippen LogP contribution in [0.3, 0.4) is 0 Å². The van der Waals surface area contributed by atoms with Crippen LogP contribution in [0.25, 0.3) is 0 Å². The highest BCUT2D eigenvalue weighted by atomic mass is 16.5. The normalized spacial score (nSPS) is 24.3. The fourth-order valence-electron chi connectivity index (χ4n) is 7.57. The van der Waals surface area contributed by atoms with Crippen LogP contribution < -0.4 is 20.3 Å². The number of anilines is 3. The minimum atomic E-state index is -0.913. The molecule has 2 aliphatic heterocycles. The van der Waals surface area contributed by atoms with Gasteiger partial charge in [-0.2, -0.15) is 0 Å². The van der Waals surface area contributed by atoms with Crippen molar-refractivity contribution in [3.05, 3.63) is 48.5 Å². The number of rotatable bonds is 7. The molecule has 4 fully saturated rings. The maximum atomic E-state index is 13.7. The third kappa shape index (κ3) is 6.72. The Morgan fingerprint density at radius 2 is 1.51 bits per heavy atom. The number of nitrogens with one attached hydrogen (secondary N) is 2. The van der Waals surface area contributed by atoms with Crippen LogP contribution in [0, 0.1) is 5.92 Å². The molecule has 0 aromatic heterocycles. The zero-order chi connectivity index (χ0) is 31.5. The van der Waals surface area contributed by atoms with Crippen LogP contribution in [0.5, 0.6) is 5.75 Å². The van der Waals surface area contributed by atoms with Crippen molar-refractivity contribution in [2.24, 2.45) is 5.92 Å². The van der Waals surface area contributed by atoms with Crippen LogP contribution in [0.1, 0.15) is 57.8 Å². The zero-order valence-corrected chi connectivity index (χ0v) is 26.1.